The Balaban J connectivity index is 2.43. The van der Waals surface area contributed by atoms with Gasteiger partial charge in [-0.05, 0) is 44.9 Å². The van der Waals surface area contributed by atoms with Crippen LogP contribution < -0.4 is 0 Å². The van der Waals surface area contributed by atoms with Crippen molar-refractivity contribution < 1.29 is 63.1 Å². The molecule has 0 spiro atoms. The first-order valence-electron chi connectivity index (χ1n) is 23.1. The van der Waals surface area contributed by atoms with E-state index >= 15 is 0 Å². The van der Waals surface area contributed by atoms with Crippen molar-refractivity contribution in [2.45, 2.75) is 236 Å². The summed E-state index contributed by atoms with van der Waals surface area (Å²) in [7, 11) is -5.11. The van der Waals surface area contributed by atoms with Gasteiger partial charge in [0.1, 0.15) is 43.2 Å². The highest BCUT2D eigenvalue weighted by Gasteiger charge is 2.51. The zero-order valence-electron chi connectivity index (χ0n) is 36.6. The molecule has 0 radical (unpaired) electrons. The Hall–Kier alpha value is -1.67. The summed E-state index contributed by atoms with van der Waals surface area (Å²) in [6, 6.07) is 0. The Morgan fingerprint density at radius 3 is 1.41 bits per heavy atom. The van der Waals surface area contributed by atoms with Gasteiger partial charge >= 0.3 is 19.8 Å². The monoisotopic (exact) mass is 863 g/mol. The molecule has 0 aliphatic heterocycles. The second-order valence-corrected chi connectivity index (χ2v) is 17.7. The first kappa shape index (κ1) is 55.3. The maximum atomic E-state index is 12.8. The number of hydrogen-bond donors (Lipinski definition) is 6. The minimum absolute atomic E-state index is 0.0944. The van der Waals surface area contributed by atoms with Gasteiger partial charge in [0.25, 0.3) is 0 Å². The van der Waals surface area contributed by atoms with Gasteiger partial charge < -0.3 is 39.9 Å². The van der Waals surface area contributed by atoms with E-state index in [2.05, 4.69) is 38.2 Å². The lowest BCUT2D eigenvalue weighted by Gasteiger charge is -2.41. The molecule has 0 heterocycles. The number of aliphatic hydroxyl groups is 5. The van der Waals surface area contributed by atoms with Crippen LogP contribution in [-0.4, -0.2) is 98.3 Å². The molecule has 6 unspecified atom stereocenters. The number of carbonyl (C=O) groups is 2. The number of esters is 2. The molecular formula is C45H83O13P. The molecule has 8 atom stereocenters. The second kappa shape index (κ2) is 35.9. The largest absolute Gasteiger partial charge is 0.472 e. The van der Waals surface area contributed by atoms with Gasteiger partial charge in [-0.1, -0.05) is 160 Å². The number of ether oxygens (including phenoxy) is 2. The summed E-state index contributed by atoms with van der Waals surface area (Å²) < 4.78 is 33.5. The summed E-state index contributed by atoms with van der Waals surface area (Å²) in [5, 5.41) is 50.1. The van der Waals surface area contributed by atoms with E-state index in [4.69, 9.17) is 18.5 Å². The van der Waals surface area contributed by atoms with Gasteiger partial charge in [-0.25, -0.2) is 4.57 Å². The number of carbonyl (C=O) groups excluding carboxylic acids is 2. The van der Waals surface area contributed by atoms with E-state index in [-0.39, 0.29) is 12.8 Å². The third-order valence-corrected chi connectivity index (χ3v) is 11.8. The van der Waals surface area contributed by atoms with Gasteiger partial charge in [0.2, 0.25) is 0 Å². The third-order valence-electron chi connectivity index (χ3n) is 10.8. The molecule has 14 heteroatoms. The fraction of sp³-hybridized carbons (Fsp3) is 0.867. The van der Waals surface area contributed by atoms with Crippen LogP contribution in [-0.2, 0) is 32.7 Å². The van der Waals surface area contributed by atoms with E-state index < -0.39 is 75.7 Å². The van der Waals surface area contributed by atoms with Crippen molar-refractivity contribution in [1.29, 1.82) is 0 Å². The summed E-state index contributed by atoms with van der Waals surface area (Å²) in [6.07, 6.45) is 25.2. The van der Waals surface area contributed by atoms with Crippen LogP contribution in [0.15, 0.2) is 24.3 Å². The lowest BCUT2D eigenvalue weighted by Crippen LogP contribution is -2.64. The Morgan fingerprint density at radius 1 is 0.525 bits per heavy atom. The van der Waals surface area contributed by atoms with E-state index in [0.717, 1.165) is 57.8 Å². The summed E-state index contributed by atoms with van der Waals surface area (Å²) in [5.74, 6) is -1.10. The highest BCUT2D eigenvalue weighted by atomic mass is 31.2. The van der Waals surface area contributed by atoms with Gasteiger partial charge in [0, 0.05) is 12.8 Å². The van der Waals surface area contributed by atoms with Crippen LogP contribution in [0.5, 0.6) is 0 Å². The van der Waals surface area contributed by atoms with E-state index in [9.17, 15) is 44.6 Å². The molecule has 0 amide bonds. The van der Waals surface area contributed by atoms with Crippen LogP contribution in [0.3, 0.4) is 0 Å². The standard InChI is InChI=1S/C45H83O13P/c1-3-5-7-9-11-13-15-16-17-18-19-20-21-22-24-26-28-30-32-34-39(47)57-37(35-55-38(46)33-31-29-27-25-23-14-12-10-8-6-4-2)36-56-59(53,54)58-45-43(51)41(49)40(48)42(50)44(45)52/h11,13,16-17,37,40-45,48-52H,3-10,12,14-15,18-36H2,1-2H3,(H,53,54)/b13-11-,17-16-/t37-,40?,41-,42?,43?,44?,45?/m1/s1. The molecule has 0 saturated heterocycles. The normalized spacial score (nSPS) is 22.5. The van der Waals surface area contributed by atoms with E-state index in [1.165, 1.54) is 96.3 Å². The maximum Gasteiger partial charge on any atom is 0.472 e. The van der Waals surface area contributed by atoms with Crippen LogP contribution in [0, 0.1) is 0 Å². The molecule has 346 valence electrons. The summed E-state index contributed by atoms with van der Waals surface area (Å²) in [6.45, 7) is 3.26. The molecular weight excluding hydrogens is 779 g/mol. The lowest BCUT2D eigenvalue weighted by molar-refractivity contribution is -0.220. The van der Waals surface area contributed by atoms with E-state index in [1.54, 1.807) is 0 Å². The SMILES string of the molecule is CCCCC/C=C\C/C=C\CCCCCCCCCCCC(=O)O[C@H](COC(=O)CCCCCCCCCCCCC)COP(=O)(O)OC1C(O)C(O)C(O)[C@@H](O)C1O. The van der Waals surface area contributed by atoms with Gasteiger partial charge in [-0.3, -0.25) is 18.6 Å². The van der Waals surface area contributed by atoms with E-state index in [0.29, 0.717) is 12.8 Å². The molecule has 0 bridgehead atoms. The summed E-state index contributed by atoms with van der Waals surface area (Å²) in [4.78, 5) is 35.6. The molecule has 59 heavy (non-hydrogen) atoms. The predicted molar refractivity (Wildman–Crippen MR) is 230 cm³/mol. The van der Waals surface area contributed by atoms with Gasteiger partial charge in [-0.2, -0.15) is 0 Å². The average Bonchev–Trinajstić information content (AvgIpc) is 3.21. The quantitative estimate of drug-likeness (QED) is 0.0149. The molecule has 13 nitrogen and oxygen atoms in total. The number of rotatable bonds is 38. The number of phosphoric acid groups is 1. The molecule has 0 aromatic heterocycles. The van der Waals surface area contributed by atoms with E-state index in [1.807, 2.05) is 0 Å². The Labute approximate surface area is 356 Å². The maximum absolute atomic E-state index is 12.8. The zero-order valence-corrected chi connectivity index (χ0v) is 37.4. The van der Waals surface area contributed by atoms with Crippen molar-refractivity contribution in [1.82, 2.24) is 0 Å². The highest BCUT2D eigenvalue weighted by molar-refractivity contribution is 7.47. The Morgan fingerprint density at radius 2 is 0.915 bits per heavy atom. The summed E-state index contributed by atoms with van der Waals surface area (Å²) in [5.41, 5.74) is 0. The third kappa shape index (κ3) is 28.5. The van der Waals surface area contributed by atoms with Crippen molar-refractivity contribution in [3.05, 3.63) is 24.3 Å². The number of phosphoric ester groups is 1. The smallest absolute Gasteiger partial charge is 0.462 e. The van der Waals surface area contributed by atoms with Crippen LogP contribution in [0.25, 0.3) is 0 Å². The molecule has 0 aromatic carbocycles. The number of unbranched alkanes of at least 4 members (excludes halogenated alkanes) is 22. The fourth-order valence-electron chi connectivity index (χ4n) is 7.02. The minimum Gasteiger partial charge on any atom is -0.462 e. The summed E-state index contributed by atoms with van der Waals surface area (Å²) >= 11 is 0. The second-order valence-electron chi connectivity index (χ2n) is 16.3. The molecule has 6 N–H and O–H groups in total. The number of allylic oxidation sites excluding steroid dienone is 4. The van der Waals surface area contributed by atoms with Crippen LogP contribution >= 0.6 is 7.82 Å². The molecule has 1 rings (SSSR count). The Kier molecular flexibility index (Phi) is 33.7. The van der Waals surface area contributed by atoms with Crippen LogP contribution in [0.1, 0.15) is 194 Å². The van der Waals surface area contributed by atoms with Crippen molar-refractivity contribution in [3.8, 4) is 0 Å². The Bertz CT molecular complexity index is 1130. The van der Waals surface area contributed by atoms with Gasteiger partial charge in [0.15, 0.2) is 6.10 Å². The van der Waals surface area contributed by atoms with Crippen molar-refractivity contribution >= 4 is 19.8 Å². The topological polar surface area (TPSA) is 210 Å². The molecule has 1 fully saturated rings. The lowest BCUT2D eigenvalue weighted by atomic mass is 9.85. The minimum atomic E-state index is -5.11. The van der Waals surface area contributed by atoms with Crippen molar-refractivity contribution in [2.75, 3.05) is 13.2 Å². The molecule has 1 saturated carbocycles. The van der Waals surface area contributed by atoms with Gasteiger partial charge in [0.05, 0.1) is 6.61 Å². The highest BCUT2D eigenvalue weighted by Crippen LogP contribution is 2.47. The number of hydrogen-bond acceptors (Lipinski definition) is 12. The first-order valence-corrected chi connectivity index (χ1v) is 24.6. The fourth-order valence-corrected chi connectivity index (χ4v) is 8.00. The first-order chi connectivity index (χ1) is 28.4. The average molecular weight is 863 g/mol. The van der Waals surface area contributed by atoms with Crippen LogP contribution in [0.4, 0.5) is 0 Å². The van der Waals surface area contributed by atoms with Crippen molar-refractivity contribution in [2.24, 2.45) is 0 Å². The molecule has 1 aliphatic rings. The zero-order chi connectivity index (χ0) is 43.6. The number of aliphatic hydroxyl groups excluding tert-OH is 5. The predicted octanol–water partition coefficient (Wildman–Crippen LogP) is 8.84. The molecule has 0 aromatic rings. The molecule has 1 aliphatic carbocycles. The van der Waals surface area contributed by atoms with Crippen LogP contribution in [0.2, 0.25) is 0 Å². The van der Waals surface area contributed by atoms with Gasteiger partial charge in [-0.15, -0.1) is 0 Å². The van der Waals surface area contributed by atoms with Crippen molar-refractivity contribution in [3.63, 3.8) is 0 Å².